The zero-order valence-corrected chi connectivity index (χ0v) is 14.3. The van der Waals surface area contributed by atoms with Crippen molar-refractivity contribution < 1.29 is 9.53 Å². The van der Waals surface area contributed by atoms with Crippen LogP contribution in [0.5, 0.6) is 5.75 Å². The molecule has 1 atom stereocenters. The van der Waals surface area contributed by atoms with Crippen LogP contribution in [-0.4, -0.2) is 58.9 Å². The standard InChI is InChI=1S/C17H23N5O2/c1-20(2)17-15(5-4-8-18-17)24-14-7-10-22(12-14)16(23)11-13-6-9-21(3)19-13/h4-6,8-9,14H,7,10-12H2,1-3H3. The van der Waals surface area contributed by atoms with Crippen LogP contribution in [0.15, 0.2) is 30.6 Å². The van der Waals surface area contributed by atoms with E-state index in [4.69, 9.17) is 4.74 Å². The molecular formula is C17H23N5O2. The first-order valence-corrected chi connectivity index (χ1v) is 8.08. The van der Waals surface area contributed by atoms with Gasteiger partial charge in [0.1, 0.15) is 6.10 Å². The van der Waals surface area contributed by atoms with Crippen LogP contribution in [0.1, 0.15) is 12.1 Å². The second-order valence-electron chi connectivity index (χ2n) is 6.25. The summed E-state index contributed by atoms with van der Waals surface area (Å²) in [6.07, 6.45) is 4.77. The summed E-state index contributed by atoms with van der Waals surface area (Å²) >= 11 is 0. The Balaban J connectivity index is 1.58. The lowest BCUT2D eigenvalue weighted by molar-refractivity contribution is -0.129. The van der Waals surface area contributed by atoms with E-state index in [9.17, 15) is 4.79 Å². The Morgan fingerprint density at radius 3 is 2.96 bits per heavy atom. The molecule has 1 aliphatic heterocycles. The number of pyridine rings is 1. The molecule has 0 N–H and O–H groups in total. The minimum Gasteiger partial charge on any atom is -0.485 e. The van der Waals surface area contributed by atoms with Crippen LogP contribution >= 0.6 is 0 Å². The highest BCUT2D eigenvalue weighted by Crippen LogP contribution is 2.26. The number of nitrogens with zero attached hydrogens (tertiary/aromatic N) is 5. The van der Waals surface area contributed by atoms with Gasteiger partial charge in [-0.1, -0.05) is 0 Å². The summed E-state index contributed by atoms with van der Waals surface area (Å²) in [5.41, 5.74) is 0.800. The second kappa shape index (κ2) is 6.90. The third kappa shape index (κ3) is 3.67. The number of likely N-dealkylation sites (tertiary alicyclic amines) is 1. The number of aromatic nitrogens is 3. The van der Waals surface area contributed by atoms with Crippen molar-refractivity contribution in [3.8, 4) is 5.75 Å². The maximum absolute atomic E-state index is 12.4. The van der Waals surface area contributed by atoms with Crippen molar-refractivity contribution in [3.63, 3.8) is 0 Å². The summed E-state index contributed by atoms with van der Waals surface area (Å²) < 4.78 is 7.80. The second-order valence-corrected chi connectivity index (χ2v) is 6.25. The number of amides is 1. The molecule has 0 saturated carbocycles. The number of aryl methyl sites for hydroxylation is 1. The fourth-order valence-corrected chi connectivity index (χ4v) is 2.86. The first-order valence-electron chi connectivity index (χ1n) is 8.08. The van der Waals surface area contributed by atoms with E-state index in [0.29, 0.717) is 19.5 Å². The van der Waals surface area contributed by atoms with E-state index >= 15 is 0 Å². The van der Waals surface area contributed by atoms with Gasteiger partial charge in [-0.2, -0.15) is 5.10 Å². The van der Waals surface area contributed by atoms with Gasteiger partial charge >= 0.3 is 0 Å². The van der Waals surface area contributed by atoms with Gasteiger partial charge in [-0.15, -0.1) is 0 Å². The first-order chi connectivity index (χ1) is 11.5. The largest absolute Gasteiger partial charge is 0.485 e. The smallest absolute Gasteiger partial charge is 0.228 e. The van der Waals surface area contributed by atoms with Crippen LogP contribution in [0.25, 0.3) is 0 Å². The summed E-state index contributed by atoms with van der Waals surface area (Å²) in [5.74, 6) is 1.65. The van der Waals surface area contributed by atoms with E-state index in [-0.39, 0.29) is 12.0 Å². The fraction of sp³-hybridized carbons (Fsp3) is 0.471. The highest BCUT2D eigenvalue weighted by molar-refractivity contribution is 5.78. The fourth-order valence-electron chi connectivity index (χ4n) is 2.86. The van der Waals surface area contributed by atoms with E-state index in [2.05, 4.69) is 10.1 Å². The molecule has 7 heteroatoms. The van der Waals surface area contributed by atoms with Gasteiger partial charge in [-0.25, -0.2) is 4.98 Å². The van der Waals surface area contributed by atoms with Crippen molar-refractivity contribution in [1.29, 1.82) is 0 Å². The van der Waals surface area contributed by atoms with Crippen LogP contribution < -0.4 is 9.64 Å². The molecule has 0 aromatic carbocycles. The van der Waals surface area contributed by atoms with Gasteiger partial charge < -0.3 is 14.5 Å². The van der Waals surface area contributed by atoms with Crippen LogP contribution in [0.3, 0.4) is 0 Å². The van der Waals surface area contributed by atoms with Crippen molar-refractivity contribution >= 4 is 11.7 Å². The van der Waals surface area contributed by atoms with Crippen LogP contribution in [-0.2, 0) is 18.3 Å². The lowest BCUT2D eigenvalue weighted by Gasteiger charge is -2.20. The molecule has 1 fully saturated rings. The summed E-state index contributed by atoms with van der Waals surface area (Å²) in [5, 5.41) is 4.26. The third-order valence-corrected chi connectivity index (χ3v) is 4.07. The normalized spacial score (nSPS) is 17.1. The van der Waals surface area contributed by atoms with Gasteiger partial charge in [0.05, 0.1) is 18.7 Å². The molecule has 1 aliphatic rings. The number of rotatable bonds is 5. The van der Waals surface area contributed by atoms with E-state index < -0.39 is 0 Å². The number of anilines is 1. The number of hydrogen-bond donors (Lipinski definition) is 0. The van der Waals surface area contributed by atoms with E-state index in [1.54, 1.807) is 10.9 Å². The highest BCUT2D eigenvalue weighted by Gasteiger charge is 2.28. The molecule has 2 aromatic heterocycles. The molecule has 1 unspecified atom stereocenters. The monoisotopic (exact) mass is 329 g/mol. The van der Waals surface area contributed by atoms with Gasteiger partial charge in [0.25, 0.3) is 0 Å². The topological polar surface area (TPSA) is 63.5 Å². The predicted octanol–water partition coefficient (Wildman–Crippen LogP) is 1.10. The zero-order chi connectivity index (χ0) is 17.1. The Hall–Kier alpha value is -2.57. The molecular weight excluding hydrogens is 306 g/mol. The Kier molecular flexibility index (Phi) is 4.69. The quantitative estimate of drug-likeness (QED) is 0.822. The summed E-state index contributed by atoms with van der Waals surface area (Å²) in [4.78, 5) is 20.5. The van der Waals surface area contributed by atoms with Gasteiger partial charge in [-0.3, -0.25) is 9.48 Å². The minimum absolute atomic E-state index is 0.000539. The van der Waals surface area contributed by atoms with Crippen LogP contribution in [0.4, 0.5) is 5.82 Å². The van der Waals surface area contributed by atoms with Crippen LogP contribution in [0.2, 0.25) is 0 Å². The van der Waals surface area contributed by atoms with Gasteiger partial charge in [0.2, 0.25) is 5.91 Å². The summed E-state index contributed by atoms with van der Waals surface area (Å²) in [7, 11) is 5.73. The molecule has 0 spiro atoms. The van der Waals surface area contributed by atoms with Crippen molar-refractivity contribution in [3.05, 3.63) is 36.3 Å². The predicted molar refractivity (Wildman–Crippen MR) is 91.1 cm³/mol. The van der Waals surface area contributed by atoms with Crippen molar-refractivity contribution in [1.82, 2.24) is 19.7 Å². The number of hydrogen-bond acceptors (Lipinski definition) is 5. The highest BCUT2D eigenvalue weighted by atomic mass is 16.5. The molecule has 24 heavy (non-hydrogen) atoms. The minimum atomic E-state index is 0.000539. The van der Waals surface area contributed by atoms with Crippen molar-refractivity contribution in [2.45, 2.75) is 18.9 Å². The van der Waals surface area contributed by atoms with E-state index in [1.165, 1.54) is 0 Å². The number of carbonyl (C=O) groups excluding carboxylic acids is 1. The average molecular weight is 329 g/mol. The third-order valence-electron chi connectivity index (χ3n) is 4.07. The number of carbonyl (C=O) groups is 1. The Bertz CT molecular complexity index is 713. The van der Waals surface area contributed by atoms with Gasteiger partial charge in [-0.05, 0) is 18.2 Å². The molecule has 7 nitrogen and oxygen atoms in total. The molecule has 1 saturated heterocycles. The molecule has 0 radical (unpaired) electrons. The lowest BCUT2D eigenvalue weighted by Crippen LogP contribution is -2.32. The zero-order valence-electron chi connectivity index (χ0n) is 14.3. The lowest BCUT2D eigenvalue weighted by atomic mass is 10.3. The Labute approximate surface area is 141 Å². The Morgan fingerprint density at radius 2 is 2.25 bits per heavy atom. The van der Waals surface area contributed by atoms with E-state index in [1.807, 2.05) is 55.3 Å². The maximum atomic E-state index is 12.4. The maximum Gasteiger partial charge on any atom is 0.228 e. The van der Waals surface area contributed by atoms with Crippen molar-refractivity contribution in [2.24, 2.45) is 7.05 Å². The molecule has 128 valence electrons. The SMILES string of the molecule is CN(C)c1ncccc1OC1CCN(C(=O)Cc2ccn(C)n2)C1. The Morgan fingerprint density at radius 1 is 1.42 bits per heavy atom. The molecule has 0 aliphatic carbocycles. The summed E-state index contributed by atoms with van der Waals surface area (Å²) in [6.45, 7) is 1.32. The summed E-state index contributed by atoms with van der Waals surface area (Å²) in [6, 6.07) is 5.66. The molecule has 2 aromatic rings. The van der Waals surface area contributed by atoms with E-state index in [0.717, 1.165) is 23.7 Å². The van der Waals surface area contributed by atoms with Crippen LogP contribution in [0, 0.1) is 0 Å². The van der Waals surface area contributed by atoms with Gasteiger partial charge in [0, 0.05) is 46.5 Å². The molecule has 3 heterocycles. The number of ether oxygens (including phenoxy) is 1. The van der Waals surface area contributed by atoms with Gasteiger partial charge in [0.15, 0.2) is 11.6 Å². The molecule has 3 rings (SSSR count). The molecule has 1 amide bonds. The average Bonchev–Trinajstić information content (AvgIpc) is 3.17. The van der Waals surface area contributed by atoms with Crippen molar-refractivity contribution in [2.75, 3.05) is 32.1 Å². The first kappa shape index (κ1) is 16.3. The molecule has 0 bridgehead atoms.